The van der Waals surface area contributed by atoms with Crippen molar-refractivity contribution in [3.8, 4) is 0 Å². The first kappa shape index (κ1) is 19.2. The molecule has 0 rings (SSSR count). The minimum absolute atomic E-state index is 0.00269. The van der Waals surface area contributed by atoms with E-state index >= 15 is 0 Å². The number of likely N-dealkylation sites (N-methyl/N-ethyl adjacent to an activating group) is 1. The molecule has 0 heterocycles. The number of rotatable bonds is 8. The van der Waals surface area contributed by atoms with Crippen LogP contribution in [0.5, 0.6) is 0 Å². The third-order valence-electron chi connectivity index (χ3n) is 2.62. The molecule has 0 saturated heterocycles. The van der Waals surface area contributed by atoms with Crippen LogP contribution in [0.25, 0.3) is 0 Å². The molecule has 0 atom stereocenters. The lowest BCUT2D eigenvalue weighted by atomic mass is 10.2. The van der Waals surface area contributed by atoms with Gasteiger partial charge in [-0.25, -0.2) is 4.79 Å². The summed E-state index contributed by atoms with van der Waals surface area (Å²) >= 11 is 0. The topological polar surface area (TPSA) is 90.0 Å². The van der Waals surface area contributed by atoms with E-state index in [4.69, 9.17) is 5.11 Å². The summed E-state index contributed by atoms with van der Waals surface area (Å²) < 4.78 is 0. The number of hydrogen-bond acceptors (Lipinski definition) is 3. The minimum atomic E-state index is -1.06. The van der Waals surface area contributed by atoms with Crippen LogP contribution in [0.2, 0.25) is 0 Å². The number of carboxylic acid groups (broad SMARTS) is 1. The third-order valence-corrected chi connectivity index (χ3v) is 2.62. The maximum atomic E-state index is 12.4. The summed E-state index contributed by atoms with van der Waals surface area (Å²) in [6.07, 6.45) is 0. The zero-order valence-electron chi connectivity index (χ0n) is 13.5. The summed E-state index contributed by atoms with van der Waals surface area (Å²) in [5.74, 6) is -1.16. The second kappa shape index (κ2) is 9.20. The van der Waals surface area contributed by atoms with Crippen LogP contribution in [0.1, 0.15) is 34.6 Å². The maximum absolute atomic E-state index is 12.4. The van der Waals surface area contributed by atoms with E-state index in [0.717, 1.165) is 0 Å². The molecule has 0 aliphatic heterocycles. The van der Waals surface area contributed by atoms with Crippen LogP contribution < -0.4 is 5.32 Å². The Bertz CT molecular complexity index is 369. The Labute approximate surface area is 126 Å². The van der Waals surface area contributed by atoms with E-state index in [2.05, 4.69) is 5.32 Å². The molecule has 0 saturated carbocycles. The van der Waals surface area contributed by atoms with Crippen molar-refractivity contribution in [2.75, 3.05) is 26.2 Å². The molecule has 0 spiro atoms. The smallest absolute Gasteiger partial charge is 0.323 e. The van der Waals surface area contributed by atoms with Crippen LogP contribution in [-0.2, 0) is 9.59 Å². The monoisotopic (exact) mass is 301 g/mol. The molecule has 0 bridgehead atoms. The number of nitrogens with one attached hydrogen (secondary N) is 1. The van der Waals surface area contributed by atoms with Gasteiger partial charge in [0.15, 0.2) is 0 Å². The maximum Gasteiger partial charge on any atom is 0.323 e. The van der Waals surface area contributed by atoms with E-state index in [1.165, 1.54) is 9.80 Å². The zero-order chi connectivity index (χ0) is 16.6. The molecule has 0 aliphatic rings. The standard InChI is InChI=1S/C14H27N3O4/c1-6-16(8-12(18)15-11(4)5)14(21)17(7-10(2)3)9-13(19)20/h10-11H,6-9H2,1-5H3,(H,15,18)(H,19,20). The molecule has 0 aliphatic carbocycles. The molecule has 0 aromatic carbocycles. The lowest BCUT2D eigenvalue weighted by Crippen LogP contribution is -2.50. The van der Waals surface area contributed by atoms with Crippen molar-refractivity contribution in [1.82, 2.24) is 15.1 Å². The quantitative estimate of drug-likeness (QED) is 0.699. The summed E-state index contributed by atoms with van der Waals surface area (Å²) in [6, 6.07) is -0.426. The van der Waals surface area contributed by atoms with Gasteiger partial charge in [0.1, 0.15) is 13.1 Å². The van der Waals surface area contributed by atoms with E-state index in [1.54, 1.807) is 6.92 Å². The number of aliphatic carboxylic acids is 1. The molecule has 122 valence electrons. The van der Waals surface area contributed by atoms with Crippen molar-refractivity contribution in [3.63, 3.8) is 0 Å². The van der Waals surface area contributed by atoms with Gasteiger partial charge >= 0.3 is 12.0 Å². The average molecular weight is 301 g/mol. The number of carbonyl (C=O) groups excluding carboxylic acids is 2. The Hall–Kier alpha value is -1.79. The third kappa shape index (κ3) is 8.16. The number of carbonyl (C=O) groups is 3. The highest BCUT2D eigenvalue weighted by molar-refractivity contribution is 5.85. The Balaban J connectivity index is 4.83. The summed E-state index contributed by atoms with van der Waals surface area (Å²) in [4.78, 5) is 37.6. The number of nitrogens with zero attached hydrogens (tertiary/aromatic N) is 2. The molecule has 0 aromatic rings. The van der Waals surface area contributed by atoms with Crippen molar-refractivity contribution in [2.45, 2.75) is 40.7 Å². The fourth-order valence-corrected chi connectivity index (χ4v) is 1.87. The van der Waals surface area contributed by atoms with E-state index in [9.17, 15) is 14.4 Å². The number of amides is 3. The summed E-state index contributed by atoms with van der Waals surface area (Å²) in [5.41, 5.74) is 0. The number of hydrogen-bond donors (Lipinski definition) is 2. The highest BCUT2D eigenvalue weighted by Gasteiger charge is 2.24. The lowest BCUT2D eigenvalue weighted by molar-refractivity contribution is -0.137. The first-order valence-corrected chi connectivity index (χ1v) is 7.22. The fraction of sp³-hybridized carbons (Fsp3) is 0.786. The molecule has 0 fully saturated rings. The van der Waals surface area contributed by atoms with E-state index in [1.807, 2.05) is 27.7 Å². The van der Waals surface area contributed by atoms with Crippen LogP contribution in [0.15, 0.2) is 0 Å². The Morgan fingerprint density at radius 2 is 1.62 bits per heavy atom. The lowest BCUT2D eigenvalue weighted by Gasteiger charge is -2.30. The highest BCUT2D eigenvalue weighted by Crippen LogP contribution is 2.04. The van der Waals surface area contributed by atoms with Crippen LogP contribution in [0, 0.1) is 5.92 Å². The van der Waals surface area contributed by atoms with Gasteiger partial charge in [0, 0.05) is 19.1 Å². The van der Waals surface area contributed by atoms with Gasteiger partial charge < -0.3 is 20.2 Å². The highest BCUT2D eigenvalue weighted by atomic mass is 16.4. The molecule has 7 nitrogen and oxygen atoms in total. The number of carboxylic acids is 1. The second-order valence-corrected chi connectivity index (χ2v) is 5.69. The van der Waals surface area contributed by atoms with Crippen molar-refractivity contribution in [1.29, 1.82) is 0 Å². The predicted molar refractivity (Wildman–Crippen MR) is 80.0 cm³/mol. The minimum Gasteiger partial charge on any atom is -0.480 e. The van der Waals surface area contributed by atoms with Gasteiger partial charge in [-0.15, -0.1) is 0 Å². The van der Waals surface area contributed by atoms with Gasteiger partial charge in [0.05, 0.1) is 0 Å². The van der Waals surface area contributed by atoms with Gasteiger partial charge in [0.25, 0.3) is 0 Å². The molecule has 7 heteroatoms. The van der Waals surface area contributed by atoms with Gasteiger partial charge in [0.2, 0.25) is 5.91 Å². The Kier molecular flexibility index (Phi) is 8.42. The van der Waals surface area contributed by atoms with Crippen molar-refractivity contribution in [2.24, 2.45) is 5.92 Å². The molecule has 21 heavy (non-hydrogen) atoms. The van der Waals surface area contributed by atoms with E-state index in [0.29, 0.717) is 13.1 Å². The van der Waals surface area contributed by atoms with Crippen molar-refractivity contribution < 1.29 is 19.5 Å². The summed E-state index contributed by atoms with van der Waals surface area (Å²) in [7, 11) is 0. The fourth-order valence-electron chi connectivity index (χ4n) is 1.87. The van der Waals surface area contributed by atoms with Crippen molar-refractivity contribution in [3.05, 3.63) is 0 Å². The molecular weight excluding hydrogens is 274 g/mol. The first-order chi connectivity index (χ1) is 9.67. The van der Waals surface area contributed by atoms with Crippen LogP contribution in [0.3, 0.4) is 0 Å². The van der Waals surface area contributed by atoms with Crippen LogP contribution in [-0.4, -0.2) is 65.0 Å². The van der Waals surface area contributed by atoms with Crippen LogP contribution in [0.4, 0.5) is 4.79 Å². The van der Waals surface area contributed by atoms with Gasteiger partial charge in [-0.3, -0.25) is 9.59 Å². The van der Waals surface area contributed by atoms with E-state index in [-0.39, 0.29) is 31.0 Å². The van der Waals surface area contributed by atoms with Gasteiger partial charge in [-0.1, -0.05) is 13.8 Å². The SMILES string of the molecule is CCN(CC(=O)NC(C)C)C(=O)N(CC(=O)O)CC(C)C. The summed E-state index contributed by atoms with van der Waals surface area (Å²) in [6.45, 7) is 9.51. The normalized spacial score (nSPS) is 10.6. The molecule has 0 unspecified atom stereocenters. The number of urea groups is 1. The Morgan fingerprint density at radius 3 is 2.00 bits per heavy atom. The Morgan fingerprint density at radius 1 is 1.05 bits per heavy atom. The summed E-state index contributed by atoms with van der Waals surface area (Å²) in [5, 5.41) is 11.6. The van der Waals surface area contributed by atoms with Gasteiger partial charge in [-0.2, -0.15) is 0 Å². The molecule has 2 N–H and O–H groups in total. The molecule has 3 amide bonds. The predicted octanol–water partition coefficient (Wildman–Crippen LogP) is 0.996. The zero-order valence-corrected chi connectivity index (χ0v) is 13.5. The van der Waals surface area contributed by atoms with Crippen LogP contribution >= 0.6 is 0 Å². The first-order valence-electron chi connectivity index (χ1n) is 7.22. The van der Waals surface area contributed by atoms with E-state index < -0.39 is 12.0 Å². The largest absolute Gasteiger partial charge is 0.480 e. The van der Waals surface area contributed by atoms with Crippen molar-refractivity contribution >= 4 is 17.9 Å². The average Bonchev–Trinajstić information content (AvgIpc) is 2.32. The molecular formula is C14H27N3O4. The van der Waals surface area contributed by atoms with Gasteiger partial charge in [-0.05, 0) is 26.7 Å². The molecule has 0 radical (unpaired) electrons. The molecule has 0 aromatic heterocycles. The second-order valence-electron chi connectivity index (χ2n) is 5.69.